The first-order valence-electron chi connectivity index (χ1n) is 19.2. The fourth-order valence-electron chi connectivity index (χ4n) is 6.00. The predicted octanol–water partition coefficient (Wildman–Crippen LogP) is 13.9. The van der Waals surface area contributed by atoms with Gasteiger partial charge < -0.3 is 9.79 Å². The molecule has 0 rings (SSSR count). The van der Waals surface area contributed by atoms with Crippen LogP contribution in [0.4, 0.5) is 0 Å². The molecule has 0 saturated heterocycles. The predicted molar refractivity (Wildman–Crippen MR) is 190 cm³/mol. The van der Waals surface area contributed by atoms with Crippen molar-refractivity contribution in [3.63, 3.8) is 0 Å². The molecule has 260 valence electrons. The molecule has 0 aromatic rings. The average molecular weight is 651 g/mol. The van der Waals surface area contributed by atoms with Crippen molar-refractivity contribution in [3.05, 3.63) is 0 Å². The molecular weight excluding hydrogens is 574 g/mol. The van der Waals surface area contributed by atoms with Crippen molar-refractivity contribution < 1.29 is 23.2 Å². The minimum Gasteiger partial charge on any atom is -0.324 e. The van der Waals surface area contributed by atoms with Crippen LogP contribution in [-0.4, -0.2) is 22.1 Å². The Morgan fingerprint density at radius 1 is 0.326 bits per heavy atom. The highest BCUT2D eigenvalue weighted by atomic mass is 31.3. The van der Waals surface area contributed by atoms with Crippen LogP contribution >= 0.6 is 15.2 Å². The highest BCUT2D eigenvalue weighted by molar-refractivity contribution is 7.66. The van der Waals surface area contributed by atoms with Crippen molar-refractivity contribution in [1.82, 2.24) is 0 Å². The lowest BCUT2D eigenvalue weighted by atomic mass is 10.0. The van der Waals surface area contributed by atoms with Gasteiger partial charge in [-0.05, 0) is 12.8 Å². The van der Waals surface area contributed by atoms with Gasteiger partial charge in [0.05, 0.1) is 12.3 Å². The smallest absolute Gasteiger partial charge is 0.324 e. The standard InChI is InChI=1S/C36H76O5P2/c1-3-5-7-9-11-13-15-17-19-21-23-25-27-29-31-33-35-42(37,38)41-43(39,40)36-34-32-30-28-26-24-22-20-18-16-14-12-10-8-6-4-2/h3-36H2,1-2H3,(H,37,38)(H,39,40). The molecule has 0 spiro atoms. The Morgan fingerprint density at radius 3 is 0.674 bits per heavy atom. The minimum atomic E-state index is -4.01. The van der Waals surface area contributed by atoms with Gasteiger partial charge in [-0.15, -0.1) is 0 Å². The summed E-state index contributed by atoms with van der Waals surface area (Å²) >= 11 is 0. The third-order valence-corrected chi connectivity index (χ3v) is 12.6. The van der Waals surface area contributed by atoms with Crippen LogP contribution in [0.1, 0.15) is 219 Å². The molecule has 2 unspecified atom stereocenters. The summed E-state index contributed by atoms with van der Waals surface area (Å²) in [7, 11) is -8.01. The minimum absolute atomic E-state index is 0.0189. The molecule has 0 bridgehead atoms. The van der Waals surface area contributed by atoms with Crippen molar-refractivity contribution >= 4 is 15.2 Å². The Hall–Kier alpha value is 0.340. The molecule has 0 aliphatic rings. The van der Waals surface area contributed by atoms with Crippen molar-refractivity contribution in [2.75, 3.05) is 12.3 Å². The summed E-state index contributed by atoms with van der Waals surface area (Å²) in [6.07, 6.45) is 39.8. The summed E-state index contributed by atoms with van der Waals surface area (Å²) in [4.78, 5) is 20.2. The SMILES string of the molecule is CCCCCCCCCCCCCCCCCCP(=O)(O)OP(=O)(O)CCCCCCCCCCCCCCCCCC. The molecule has 0 fully saturated rings. The Labute approximate surface area is 269 Å². The van der Waals surface area contributed by atoms with Gasteiger partial charge in [0.25, 0.3) is 0 Å². The van der Waals surface area contributed by atoms with Crippen LogP contribution in [0.15, 0.2) is 0 Å². The monoisotopic (exact) mass is 651 g/mol. The van der Waals surface area contributed by atoms with Gasteiger partial charge in [0.2, 0.25) is 0 Å². The second-order valence-corrected chi connectivity index (χ2v) is 17.5. The maximum Gasteiger partial charge on any atom is 0.335 e. The van der Waals surface area contributed by atoms with Crippen LogP contribution in [0.25, 0.3) is 0 Å². The van der Waals surface area contributed by atoms with E-state index in [4.69, 9.17) is 4.31 Å². The topological polar surface area (TPSA) is 83.8 Å². The van der Waals surface area contributed by atoms with Gasteiger partial charge in [0, 0.05) is 0 Å². The molecule has 0 aromatic carbocycles. The summed E-state index contributed by atoms with van der Waals surface area (Å²) in [5.74, 6) is 0. The van der Waals surface area contributed by atoms with E-state index in [9.17, 15) is 18.9 Å². The van der Waals surface area contributed by atoms with E-state index in [0.29, 0.717) is 12.8 Å². The summed E-state index contributed by atoms with van der Waals surface area (Å²) in [5.41, 5.74) is 0. The van der Waals surface area contributed by atoms with Crippen LogP contribution < -0.4 is 0 Å². The normalized spacial score (nSPS) is 14.6. The van der Waals surface area contributed by atoms with Gasteiger partial charge in [0.1, 0.15) is 0 Å². The van der Waals surface area contributed by atoms with Gasteiger partial charge >= 0.3 is 15.2 Å². The van der Waals surface area contributed by atoms with Gasteiger partial charge in [-0.1, -0.05) is 206 Å². The second kappa shape index (κ2) is 32.3. The maximum atomic E-state index is 12.4. The van der Waals surface area contributed by atoms with Gasteiger partial charge in [-0.25, -0.2) is 4.31 Å². The first-order chi connectivity index (χ1) is 20.8. The summed E-state index contributed by atoms with van der Waals surface area (Å²) in [6.45, 7) is 4.53. The fraction of sp³-hybridized carbons (Fsp3) is 1.00. The average Bonchev–Trinajstić information content (AvgIpc) is 2.96. The molecule has 0 saturated carbocycles. The third-order valence-electron chi connectivity index (χ3n) is 8.84. The summed E-state index contributed by atoms with van der Waals surface area (Å²) in [6, 6.07) is 0. The van der Waals surface area contributed by atoms with Crippen LogP contribution in [0.2, 0.25) is 0 Å². The Morgan fingerprint density at radius 2 is 0.488 bits per heavy atom. The van der Waals surface area contributed by atoms with Crippen molar-refractivity contribution in [1.29, 1.82) is 0 Å². The number of rotatable bonds is 36. The number of hydrogen-bond donors (Lipinski definition) is 2. The molecule has 0 heterocycles. The van der Waals surface area contributed by atoms with Gasteiger partial charge in [-0.3, -0.25) is 9.13 Å². The lowest BCUT2D eigenvalue weighted by Gasteiger charge is -2.16. The zero-order valence-corrected chi connectivity index (χ0v) is 30.8. The summed E-state index contributed by atoms with van der Waals surface area (Å²) in [5, 5.41) is 0. The molecule has 0 aromatic heterocycles. The zero-order valence-electron chi connectivity index (χ0n) is 29.1. The molecule has 5 nitrogen and oxygen atoms in total. The van der Waals surface area contributed by atoms with Crippen LogP contribution in [0.5, 0.6) is 0 Å². The molecule has 0 radical (unpaired) electrons. The van der Waals surface area contributed by atoms with Gasteiger partial charge in [-0.2, -0.15) is 0 Å². The molecule has 2 atom stereocenters. The van der Waals surface area contributed by atoms with E-state index in [0.717, 1.165) is 38.5 Å². The van der Waals surface area contributed by atoms with E-state index >= 15 is 0 Å². The molecule has 0 aliphatic carbocycles. The maximum absolute atomic E-state index is 12.4. The molecule has 43 heavy (non-hydrogen) atoms. The van der Waals surface area contributed by atoms with Crippen molar-refractivity contribution in [2.24, 2.45) is 0 Å². The van der Waals surface area contributed by atoms with Crippen LogP contribution in [0, 0.1) is 0 Å². The van der Waals surface area contributed by atoms with E-state index in [2.05, 4.69) is 13.8 Å². The van der Waals surface area contributed by atoms with Crippen molar-refractivity contribution in [2.45, 2.75) is 219 Å². The molecule has 0 aliphatic heterocycles. The lowest BCUT2D eigenvalue weighted by molar-refractivity contribution is 0.329. The molecular formula is C36H76O5P2. The largest absolute Gasteiger partial charge is 0.335 e. The zero-order chi connectivity index (χ0) is 31.7. The Kier molecular flexibility index (Phi) is 32.5. The molecule has 7 heteroatoms. The van der Waals surface area contributed by atoms with Gasteiger partial charge in [0.15, 0.2) is 0 Å². The van der Waals surface area contributed by atoms with E-state index in [1.165, 1.54) is 154 Å². The Bertz CT molecular complexity index is 604. The van der Waals surface area contributed by atoms with E-state index in [1.807, 2.05) is 0 Å². The van der Waals surface area contributed by atoms with E-state index in [-0.39, 0.29) is 12.3 Å². The van der Waals surface area contributed by atoms with E-state index < -0.39 is 15.2 Å². The first-order valence-corrected chi connectivity index (χ1v) is 22.7. The number of hydrogen-bond acceptors (Lipinski definition) is 3. The Balaban J connectivity index is 3.53. The van der Waals surface area contributed by atoms with E-state index in [1.54, 1.807) is 0 Å². The van der Waals surface area contributed by atoms with Crippen molar-refractivity contribution in [3.8, 4) is 0 Å². The summed E-state index contributed by atoms with van der Waals surface area (Å²) < 4.78 is 29.6. The number of unbranched alkanes of at least 4 members (excludes halogenated alkanes) is 30. The lowest BCUT2D eigenvalue weighted by Crippen LogP contribution is -1.98. The second-order valence-electron chi connectivity index (χ2n) is 13.4. The van der Waals surface area contributed by atoms with Crippen LogP contribution in [0.3, 0.4) is 0 Å². The molecule has 0 amide bonds. The first kappa shape index (κ1) is 43.3. The highest BCUT2D eigenvalue weighted by Crippen LogP contribution is 2.59. The molecule has 2 N–H and O–H groups in total. The quantitative estimate of drug-likeness (QED) is 0.0521. The van der Waals surface area contributed by atoms with Crippen LogP contribution in [-0.2, 0) is 13.4 Å². The fourth-order valence-corrected chi connectivity index (χ4v) is 9.49. The third kappa shape index (κ3) is 35.0. The highest BCUT2D eigenvalue weighted by Gasteiger charge is 2.31.